The van der Waals surface area contributed by atoms with Crippen molar-refractivity contribution >= 4 is 5.91 Å². The van der Waals surface area contributed by atoms with E-state index in [2.05, 4.69) is 31.3 Å². The molecule has 0 radical (unpaired) electrons. The molecule has 4 N–H and O–H groups in total. The SMILES string of the molecule is CCCCCCCCCCCCCCCCCCCC/C=C/CC/C=C/C(O)C(CO)NC(=O)CC(O)CCCCCCCCCCCCC. The Morgan fingerprint density at radius 2 is 0.860 bits per heavy atom. The minimum atomic E-state index is -0.948. The standard InChI is InChI=1S/C45H87NO4/c1-3-5-7-9-11-13-15-16-17-18-19-20-21-22-23-24-25-26-27-29-31-33-35-37-39-44(49)43(41-47)46-45(50)40-42(48)38-36-34-32-30-28-14-12-10-8-6-4-2/h29,31,37,39,42-44,47-49H,3-28,30,32-36,38,40-41H2,1-2H3,(H,46,50)/b31-29+,39-37+. The van der Waals surface area contributed by atoms with Gasteiger partial charge in [-0.15, -0.1) is 0 Å². The van der Waals surface area contributed by atoms with Crippen LogP contribution in [-0.4, -0.2) is 46.1 Å². The van der Waals surface area contributed by atoms with Crippen LogP contribution in [0.15, 0.2) is 24.3 Å². The van der Waals surface area contributed by atoms with Crippen LogP contribution in [0.4, 0.5) is 0 Å². The van der Waals surface area contributed by atoms with E-state index in [9.17, 15) is 20.1 Å². The number of allylic oxidation sites excluding steroid dienone is 3. The predicted octanol–water partition coefficient (Wildman–Crippen LogP) is 12.6. The van der Waals surface area contributed by atoms with E-state index < -0.39 is 18.2 Å². The Hall–Kier alpha value is -1.17. The average Bonchev–Trinajstić information content (AvgIpc) is 3.11. The Bertz CT molecular complexity index is 739. The highest BCUT2D eigenvalue weighted by molar-refractivity contribution is 5.76. The van der Waals surface area contributed by atoms with Gasteiger partial charge in [-0.05, 0) is 32.1 Å². The zero-order chi connectivity index (χ0) is 36.6. The molecule has 0 bridgehead atoms. The van der Waals surface area contributed by atoms with Crippen molar-refractivity contribution < 1.29 is 20.1 Å². The van der Waals surface area contributed by atoms with E-state index in [1.807, 2.05) is 6.08 Å². The highest BCUT2D eigenvalue weighted by Crippen LogP contribution is 2.16. The fourth-order valence-corrected chi connectivity index (χ4v) is 6.83. The minimum absolute atomic E-state index is 0.00889. The van der Waals surface area contributed by atoms with Gasteiger partial charge in [0.05, 0.1) is 31.3 Å². The van der Waals surface area contributed by atoms with Crippen LogP contribution in [0.1, 0.15) is 232 Å². The Morgan fingerprint density at radius 1 is 0.500 bits per heavy atom. The smallest absolute Gasteiger partial charge is 0.222 e. The summed E-state index contributed by atoms with van der Waals surface area (Å²) in [4.78, 5) is 12.4. The Labute approximate surface area is 312 Å². The summed E-state index contributed by atoms with van der Waals surface area (Å²) >= 11 is 0. The van der Waals surface area contributed by atoms with Crippen molar-refractivity contribution in [2.45, 2.75) is 250 Å². The van der Waals surface area contributed by atoms with Crippen molar-refractivity contribution in [1.29, 1.82) is 0 Å². The molecule has 0 aliphatic rings. The summed E-state index contributed by atoms with van der Waals surface area (Å²) in [6.45, 7) is 4.20. The number of aliphatic hydroxyl groups is 3. The summed E-state index contributed by atoms with van der Waals surface area (Å²) in [5.41, 5.74) is 0. The maximum atomic E-state index is 12.4. The number of unbranched alkanes of at least 4 members (excludes halogenated alkanes) is 29. The number of carbonyl (C=O) groups excluding carboxylic acids is 1. The molecular formula is C45H87NO4. The third kappa shape index (κ3) is 36.6. The maximum absolute atomic E-state index is 12.4. The summed E-state index contributed by atoms with van der Waals surface area (Å²) in [5, 5.41) is 33.1. The predicted molar refractivity (Wildman–Crippen MR) is 218 cm³/mol. The van der Waals surface area contributed by atoms with Gasteiger partial charge in [0.25, 0.3) is 0 Å². The van der Waals surface area contributed by atoms with Crippen LogP contribution in [0, 0.1) is 0 Å². The molecule has 3 atom stereocenters. The first-order valence-corrected chi connectivity index (χ1v) is 22.1. The van der Waals surface area contributed by atoms with Gasteiger partial charge in [-0.25, -0.2) is 0 Å². The Kier molecular flexibility index (Phi) is 39.6. The Morgan fingerprint density at radius 3 is 1.28 bits per heavy atom. The van der Waals surface area contributed by atoms with Crippen molar-refractivity contribution in [3.63, 3.8) is 0 Å². The first-order valence-electron chi connectivity index (χ1n) is 22.1. The zero-order valence-electron chi connectivity index (χ0n) is 33.5. The maximum Gasteiger partial charge on any atom is 0.222 e. The van der Waals surface area contributed by atoms with Crippen LogP contribution in [0.25, 0.3) is 0 Å². The molecule has 0 spiro atoms. The van der Waals surface area contributed by atoms with E-state index in [1.54, 1.807) is 6.08 Å². The molecule has 50 heavy (non-hydrogen) atoms. The lowest BCUT2D eigenvalue weighted by Gasteiger charge is -2.21. The van der Waals surface area contributed by atoms with Gasteiger partial charge in [0.2, 0.25) is 5.91 Å². The summed E-state index contributed by atoms with van der Waals surface area (Å²) < 4.78 is 0. The topological polar surface area (TPSA) is 89.8 Å². The molecule has 1 amide bonds. The third-order valence-electron chi connectivity index (χ3n) is 10.2. The second kappa shape index (κ2) is 40.6. The molecular weight excluding hydrogens is 618 g/mol. The molecule has 296 valence electrons. The molecule has 0 fully saturated rings. The van der Waals surface area contributed by atoms with Gasteiger partial charge in [0.1, 0.15) is 0 Å². The first-order chi connectivity index (χ1) is 24.5. The molecule has 3 unspecified atom stereocenters. The van der Waals surface area contributed by atoms with Crippen molar-refractivity contribution in [3.05, 3.63) is 24.3 Å². The molecule has 0 aliphatic carbocycles. The molecule has 0 rings (SSSR count). The third-order valence-corrected chi connectivity index (χ3v) is 10.2. The summed E-state index contributed by atoms with van der Waals surface area (Å²) in [7, 11) is 0. The van der Waals surface area contributed by atoms with Gasteiger partial charge in [-0.1, -0.05) is 218 Å². The van der Waals surface area contributed by atoms with Gasteiger partial charge < -0.3 is 20.6 Å². The van der Waals surface area contributed by atoms with Crippen LogP contribution in [-0.2, 0) is 4.79 Å². The molecule has 0 aromatic rings. The fraction of sp³-hybridized carbons (Fsp3) is 0.889. The molecule has 0 heterocycles. The second-order valence-electron chi connectivity index (χ2n) is 15.3. The molecule has 0 aliphatic heterocycles. The number of amides is 1. The highest BCUT2D eigenvalue weighted by Gasteiger charge is 2.20. The number of aliphatic hydroxyl groups excluding tert-OH is 3. The lowest BCUT2D eigenvalue weighted by atomic mass is 10.0. The highest BCUT2D eigenvalue weighted by atomic mass is 16.3. The van der Waals surface area contributed by atoms with Crippen LogP contribution < -0.4 is 5.32 Å². The van der Waals surface area contributed by atoms with E-state index in [1.165, 1.54) is 173 Å². The number of rotatable bonds is 40. The van der Waals surface area contributed by atoms with Crippen LogP contribution >= 0.6 is 0 Å². The first kappa shape index (κ1) is 48.8. The zero-order valence-corrected chi connectivity index (χ0v) is 33.5. The van der Waals surface area contributed by atoms with E-state index >= 15 is 0 Å². The number of hydrogen-bond donors (Lipinski definition) is 4. The average molecular weight is 706 g/mol. The lowest BCUT2D eigenvalue weighted by molar-refractivity contribution is -0.124. The quantitative estimate of drug-likeness (QED) is 0.0377. The summed E-state index contributed by atoms with van der Waals surface area (Å²) in [6, 6.07) is -0.756. The van der Waals surface area contributed by atoms with Crippen LogP contribution in [0.5, 0.6) is 0 Å². The number of hydrogen-bond acceptors (Lipinski definition) is 4. The number of carbonyl (C=O) groups is 1. The fourth-order valence-electron chi connectivity index (χ4n) is 6.83. The largest absolute Gasteiger partial charge is 0.394 e. The van der Waals surface area contributed by atoms with Crippen molar-refractivity contribution in [2.24, 2.45) is 0 Å². The molecule has 5 nitrogen and oxygen atoms in total. The second-order valence-corrected chi connectivity index (χ2v) is 15.3. The summed E-state index contributed by atoms with van der Waals surface area (Å²) in [5.74, 6) is -0.324. The molecule has 0 aromatic carbocycles. The van der Waals surface area contributed by atoms with Gasteiger partial charge in [-0.2, -0.15) is 0 Å². The number of nitrogens with one attached hydrogen (secondary N) is 1. The Balaban J connectivity index is 3.65. The van der Waals surface area contributed by atoms with Gasteiger partial charge in [0.15, 0.2) is 0 Å². The van der Waals surface area contributed by atoms with E-state index in [0.717, 1.165) is 32.1 Å². The normalized spacial score (nSPS) is 13.8. The minimum Gasteiger partial charge on any atom is -0.394 e. The molecule has 0 aromatic heterocycles. The van der Waals surface area contributed by atoms with Crippen LogP contribution in [0.3, 0.4) is 0 Å². The van der Waals surface area contributed by atoms with Crippen molar-refractivity contribution in [1.82, 2.24) is 5.32 Å². The van der Waals surface area contributed by atoms with Crippen molar-refractivity contribution in [2.75, 3.05) is 6.61 Å². The van der Waals surface area contributed by atoms with Crippen LogP contribution in [0.2, 0.25) is 0 Å². The van der Waals surface area contributed by atoms with Gasteiger partial charge in [-0.3, -0.25) is 4.79 Å². The summed E-state index contributed by atoms with van der Waals surface area (Å²) in [6.07, 6.45) is 49.0. The molecule has 5 heteroatoms. The molecule has 0 saturated heterocycles. The van der Waals surface area contributed by atoms with E-state index in [0.29, 0.717) is 6.42 Å². The van der Waals surface area contributed by atoms with E-state index in [-0.39, 0.29) is 18.9 Å². The van der Waals surface area contributed by atoms with E-state index in [4.69, 9.17) is 0 Å². The van der Waals surface area contributed by atoms with Gasteiger partial charge >= 0.3 is 0 Å². The monoisotopic (exact) mass is 706 g/mol. The van der Waals surface area contributed by atoms with Crippen molar-refractivity contribution in [3.8, 4) is 0 Å². The molecule has 0 saturated carbocycles. The van der Waals surface area contributed by atoms with Gasteiger partial charge in [0, 0.05) is 0 Å². The lowest BCUT2D eigenvalue weighted by Crippen LogP contribution is -2.45.